The zero-order valence-corrected chi connectivity index (χ0v) is 15.4. The Morgan fingerprint density at radius 3 is 2.15 bits per heavy atom. The summed E-state index contributed by atoms with van der Waals surface area (Å²) >= 11 is 0. The summed E-state index contributed by atoms with van der Waals surface area (Å²) in [6.45, 7) is 1.03. The highest BCUT2D eigenvalue weighted by Crippen LogP contribution is 2.49. The maximum Gasteiger partial charge on any atom is 0.314 e. The lowest BCUT2D eigenvalue weighted by Crippen LogP contribution is -2.49. The molecular formula is C23H25NO3. The molecule has 140 valence electrons. The molecule has 1 aliphatic heterocycles. The number of hydrogen-bond acceptors (Lipinski definition) is 2. The van der Waals surface area contributed by atoms with Gasteiger partial charge >= 0.3 is 5.97 Å². The Labute approximate surface area is 159 Å². The van der Waals surface area contributed by atoms with Crippen LogP contribution in [0.1, 0.15) is 42.7 Å². The summed E-state index contributed by atoms with van der Waals surface area (Å²) in [4.78, 5) is 26.6. The molecule has 0 bridgehead atoms. The number of carboxylic acids is 1. The summed E-state index contributed by atoms with van der Waals surface area (Å²) < 4.78 is 0. The minimum Gasteiger partial charge on any atom is -0.481 e. The molecular weight excluding hydrogens is 338 g/mol. The Balaban J connectivity index is 1.36. The normalized spacial score (nSPS) is 23.6. The van der Waals surface area contributed by atoms with Crippen LogP contribution in [-0.2, 0) is 15.0 Å². The first-order chi connectivity index (χ1) is 13.1. The quantitative estimate of drug-likeness (QED) is 0.878. The van der Waals surface area contributed by atoms with Gasteiger partial charge in [-0.3, -0.25) is 9.59 Å². The zero-order valence-electron chi connectivity index (χ0n) is 15.4. The number of nitrogens with zero attached hydrogens (tertiary/aromatic N) is 1. The Kier molecular flexibility index (Phi) is 4.73. The van der Waals surface area contributed by atoms with Crippen LogP contribution in [0.4, 0.5) is 0 Å². The lowest BCUT2D eigenvalue weighted by Gasteiger charge is -2.39. The first kappa shape index (κ1) is 17.8. The summed E-state index contributed by atoms with van der Waals surface area (Å²) in [6.07, 6.45) is 2.60. The molecule has 0 aromatic heterocycles. The van der Waals surface area contributed by atoms with Gasteiger partial charge in [0.1, 0.15) is 0 Å². The van der Waals surface area contributed by atoms with Crippen molar-refractivity contribution in [2.75, 3.05) is 13.1 Å². The van der Waals surface area contributed by atoms with Gasteiger partial charge in [0.05, 0.1) is 5.41 Å². The summed E-state index contributed by atoms with van der Waals surface area (Å²) in [6, 6.07) is 19.8. The molecule has 4 heteroatoms. The summed E-state index contributed by atoms with van der Waals surface area (Å²) in [7, 11) is 0. The smallest absolute Gasteiger partial charge is 0.314 e. The Morgan fingerprint density at radius 1 is 0.963 bits per heavy atom. The molecule has 1 amide bonds. The van der Waals surface area contributed by atoms with Crippen LogP contribution in [0, 0.1) is 5.92 Å². The topological polar surface area (TPSA) is 57.6 Å². The molecule has 0 spiro atoms. The number of carbonyl (C=O) groups excluding carboxylic acids is 1. The van der Waals surface area contributed by atoms with Gasteiger partial charge in [-0.25, -0.2) is 0 Å². The fourth-order valence-corrected chi connectivity index (χ4v) is 4.46. The third-order valence-electron chi connectivity index (χ3n) is 6.29. The van der Waals surface area contributed by atoms with Crippen molar-refractivity contribution < 1.29 is 14.7 Å². The van der Waals surface area contributed by atoms with Crippen LogP contribution in [0.15, 0.2) is 60.7 Å². The number of likely N-dealkylation sites (tertiary alicyclic amines) is 1. The third-order valence-corrected chi connectivity index (χ3v) is 6.29. The highest BCUT2D eigenvalue weighted by molar-refractivity contribution is 5.83. The van der Waals surface area contributed by atoms with E-state index in [-0.39, 0.29) is 5.91 Å². The summed E-state index contributed by atoms with van der Waals surface area (Å²) in [5.74, 6) is 0.320. The largest absolute Gasteiger partial charge is 0.481 e. The molecule has 0 unspecified atom stereocenters. The first-order valence-electron chi connectivity index (χ1n) is 9.72. The van der Waals surface area contributed by atoms with Crippen LogP contribution in [-0.4, -0.2) is 35.0 Å². The molecule has 1 saturated carbocycles. The van der Waals surface area contributed by atoms with Gasteiger partial charge in [-0.05, 0) is 42.2 Å². The van der Waals surface area contributed by atoms with Crippen molar-refractivity contribution in [3.63, 3.8) is 0 Å². The number of piperidine rings is 1. The Bertz CT molecular complexity index is 810. The van der Waals surface area contributed by atoms with Gasteiger partial charge in [-0.15, -0.1) is 0 Å². The van der Waals surface area contributed by atoms with Gasteiger partial charge in [0, 0.05) is 19.5 Å². The van der Waals surface area contributed by atoms with Crippen LogP contribution in [0.5, 0.6) is 0 Å². The fraction of sp³-hybridized carbons (Fsp3) is 0.391. The molecule has 2 fully saturated rings. The van der Waals surface area contributed by atoms with E-state index in [1.54, 1.807) is 0 Å². The van der Waals surface area contributed by atoms with Gasteiger partial charge < -0.3 is 10.0 Å². The standard InChI is InChI=1S/C23H25NO3/c25-21(16-18-15-20(18)17-7-3-1-4-8-17)24-13-11-23(12-14-24,22(26)27)19-9-5-2-6-10-19/h1-10,18,20H,11-16H2,(H,26,27)/t18-,20-/m0/s1. The number of rotatable bonds is 5. The van der Waals surface area contributed by atoms with Crippen molar-refractivity contribution in [3.05, 3.63) is 71.8 Å². The minimum atomic E-state index is -0.871. The Hall–Kier alpha value is -2.62. The predicted molar refractivity (Wildman–Crippen MR) is 103 cm³/mol. The molecule has 2 aromatic rings. The summed E-state index contributed by atoms with van der Waals surface area (Å²) in [5.41, 5.74) is 1.29. The number of benzene rings is 2. The molecule has 1 N–H and O–H groups in total. The SMILES string of the molecule is O=C(C[C@@H]1C[C@H]1c1ccccc1)N1CCC(C(=O)O)(c2ccccc2)CC1. The third kappa shape index (κ3) is 3.48. The van der Waals surface area contributed by atoms with Gasteiger partial charge in [0.15, 0.2) is 0 Å². The van der Waals surface area contributed by atoms with E-state index < -0.39 is 11.4 Å². The lowest BCUT2D eigenvalue weighted by atomic mass is 9.73. The molecule has 2 atom stereocenters. The maximum absolute atomic E-state index is 12.7. The molecule has 2 aliphatic rings. The highest BCUT2D eigenvalue weighted by Gasteiger charge is 2.45. The molecule has 2 aromatic carbocycles. The van der Waals surface area contributed by atoms with Crippen LogP contribution in [0.25, 0.3) is 0 Å². The van der Waals surface area contributed by atoms with Crippen molar-refractivity contribution in [2.45, 2.75) is 37.0 Å². The second kappa shape index (κ2) is 7.18. The first-order valence-corrected chi connectivity index (χ1v) is 9.72. The number of hydrogen-bond donors (Lipinski definition) is 1. The molecule has 27 heavy (non-hydrogen) atoms. The van der Waals surface area contributed by atoms with Gasteiger partial charge in [0.25, 0.3) is 0 Å². The maximum atomic E-state index is 12.7. The fourth-order valence-electron chi connectivity index (χ4n) is 4.46. The Morgan fingerprint density at radius 2 is 1.56 bits per heavy atom. The molecule has 0 radical (unpaired) electrons. The van der Waals surface area contributed by atoms with E-state index in [1.807, 2.05) is 53.4 Å². The average molecular weight is 363 g/mol. The van der Waals surface area contributed by atoms with E-state index in [4.69, 9.17) is 0 Å². The summed E-state index contributed by atoms with van der Waals surface area (Å²) in [5, 5.41) is 9.88. The van der Waals surface area contributed by atoms with E-state index in [9.17, 15) is 14.7 Å². The number of amides is 1. The predicted octanol–water partition coefficient (Wildman–Crippen LogP) is 3.83. The molecule has 4 rings (SSSR count). The van der Waals surface area contributed by atoms with Gasteiger partial charge in [-0.2, -0.15) is 0 Å². The van der Waals surface area contributed by atoms with E-state index in [0.717, 1.165) is 12.0 Å². The second-order valence-electron chi connectivity index (χ2n) is 7.85. The van der Waals surface area contributed by atoms with Crippen LogP contribution in [0.3, 0.4) is 0 Å². The molecule has 4 nitrogen and oxygen atoms in total. The lowest BCUT2D eigenvalue weighted by molar-refractivity contribution is -0.148. The number of carboxylic acid groups (broad SMARTS) is 1. The van der Waals surface area contributed by atoms with Crippen LogP contribution >= 0.6 is 0 Å². The monoisotopic (exact) mass is 363 g/mol. The van der Waals surface area contributed by atoms with Gasteiger partial charge in [-0.1, -0.05) is 60.7 Å². The van der Waals surface area contributed by atoms with Crippen LogP contribution < -0.4 is 0 Å². The molecule has 1 heterocycles. The second-order valence-corrected chi connectivity index (χ2v) is 7.85. The van der Waals surface area contributed by atoms with Gasteiger partial charge in [0.2, 0.25) is 5.91 Å². The molecule has 1 aliphatic carbocycles. The zero-order chi connectivity index (χ0) is 18.9. The van der Waals surface area contributed by atoms with Crippen molar-refractivity contribution >= 4 is 11.9 Å². The number of carbonyl (C=O) groups is 2. The van der Waals surface area contributed by atoms with Crippen molar-refractivity contribution in [1.29, 1.82) is 0 Å². The van der Waals surface area contributed by atoms with E-state index in [0.29, 0.717) is 44.2 Å². The van der Waals surface area contributed by atoms with Crippen molar-refractivity contribution in [1.82, 2.24) is 4.90 Å². The average Bonchev–Trinajstić information content (AvgIpc) is 3.48. The van der Waals surface area contributed by atoms with E-state index in [2.05, 4.69) is 12.1 Å². The van der Waals surface area contributed by atoms with Crippen molar-refractivity contribution in [3.8, 4) is 0 Å². The number of aliphatic carboxylic acids is 1. The van der Waals surface area contributed by atoms with Crippen molar-refractivity contribution in [2.24, 2.45) is 5.92 Å². The van der Waals surface area contributed by atoms with Crippen LogP contribution in [0.2, 0.25) is 0 Å². The van der Waals surface area contributed by atoms with E-state index in [1.165, 1.54) is 5.56 Å². The van der Waals surface area contributed by atoms with E-state index >= 15 is 0 Å². The highest BCUT2D eigenvalue weighted by atomic mass is 16.4. The molecule has 1 saturated heterocycles. The minimum absolute atomic E-state index is 0.172.